The van der Waals surface area contributed by atoms with Crippen LogP contribution in [0.1, 0.15) is 29.0 Å². The van der Waals surface area contributed by atoms with Gasteiger partial charge in [0.15, 0.2) is 0 Å². The van der Waals surface area contributed by atoms with Crippen LogP contribution >= 0.6 is 38.9 Å². The number of thiophene rings is 1. The van der Waals surface area contributed by atoms with Gasteiger partial charge in [-0.3, -0.25) is 0 Å². The molecular weight excluding hydrogens is 330 g/mol. The van der Waals surface area contributed by atoms with Crippen LogP contribution in [0.3, 0.4) is 0 Å². The van der Waals surface area contributed by atoms with Crippen LogP contribution in [0, 0.1) is 6.92 Å². The van der Waals surface area contributed by atoms with E-state index >= 15 is 0 Å². The zero-order chi connectivity index (χ0) is 13.1. The molecule has 0 fully saturated rings. The van der Waals surface area contributed by atoms with Gasteiger partial charge < -0.3 is 5.32 Å². The third-order valence-corrected chi connectivity index (χ3v) is 4.59. The topological polar surface area (TPSA) is 12.0 Å². The Balaban J connectivity index is 2.40. The first-order valence-electron chi connectivity index (χ1n) is 5.86. The van der Waals surface area contributed by atoms with Crippen molar-refractivity contribution in [3.63, 3.8) is 0 Å². The van der Waals surface area contributed by atoms with Crippen LogP contribution in [0.2, 0.25) is 5.02 Å². The molecule has 1 N–H and O–H groups in total. The Morgan fingerprint density at radius 1 is 1.33 bits per heavy atom. The lowest BCUT2D eigenvalue weighted by molar-refractivity contribution is 0.639. The van der Waals surface area contributed by atoms with Crippen molar-refractivity contribution in [1.82, 2.24) is 5.32 Å². The standard InChI is InChI=1S/C14H15BrClNS/c1-3-17-14(12-4-5-13(15)18-12)10-6-9(2)7-11(16)8-10/h4-8,14,17H,3H2,1-2H3. The van der Waals surface area contributed by atoms with Crippen LogP contribution in [0.5, 0.6) is 0 Å². The molecule has 2 aromatic rings. The van der Waals surface area contributed by atoms with Gasteiger partial charge in [-0.2, -0.15) is 0 Å². The normalized spacial score (nSPS) is 12.7. The summed E-state index contributed by atoms with van der Waals surface area (Å²) in [7, 11) is 0. The van der Waals surface area contributed by atoms with Crippen LogP contribution in [0.25, 0.3) is 0 Å². The number of hydrogen-bond acceptors (Lipinski definition) is 2. The van der Waals surface area contributed by atoms with Crippen LogP contribution < -0.4 is 5.32 Å². The first-order chi connectivity index (χ1) is 8.60. The van der Waals surface area contributed by atoms with Crippen LogP contribution in [-0.4, -0.2) is 6.54 Å². The molecule has 0 saturated carbocycles. The predicted octanol–water partition coefficient (Wildman–Crippen LogP) is 5.17. The van der Waals surface area contributed by atoms with Crippen molar-refractivity contribution >= 4 is 38.9 Å². The molecular formula is C14H15BrClNS. The fraction of sp³-hybridized carbons (Fsp3) is 0.286. The summed E-state index contributed by atoms with van der Waals surface area (Å²) in [6, 6.07) is 10.7. The highest BCUT2D eigenvalue weighted by Gasteiger charge is 2.15. The molecule has 0 radical (unpaired) electrons. The highest BCUT2D eigenvalue weighted by Crippen LogP contribution is 2.32. The van der Waals surface area contributed by atoms with Crippen molar-refractivity contribution in [3.05, 3.63) is 55.1 Å². The summed E-state index contributed by atoms with van der Waals surface area (Å²) in [6.45, 7) is 5.11. The molecule has 4 heteroatoms. The minimum atomic E-state index is 0.212. The van der Waals surface area contributed by atoms with Gasteiger partial charge >= 0.3 is 0 Å². The van der Waals surface area contributed by atoms with E-state index in [2.05, 4.69) is 53.3 Å². The van der Waals surface area contributed by atoms with E-state index < -0.39 is 0 Å². The Bertz CT molecular complexity index is 518. The molecule has 2 rings (SSSR count). The summed E-state index contributed by atoms with van der Waals surface area (Å²) in [4.78, 5) is 1.30. The largest absolute Gasteiger partial charge is 0.306 e. The van der Waals surface area contributed by atoms with Gasteiger partial charge in [-0.15, -0.1) is 11.3 Å². The number of hydrogen-bond donors (Lipinski definition) is 1. The number of benzene rings is 1. The highest BCUT2D eigenvalue weighted by molar-refractivity contribution is 9.11. The van der Waals surface area contributed by atoms with Crippen molar-refractivity contribution in [1.29, 1.82) is 0 Å². The third kappa shape index (κ3) is 3.35. The highest BCUT2D eigenvalue weighted by atomic mass is 79.9. The molecule has 1 nitrogen and oxygen atoms in total. The number of nitrogens with one attached hydrogen (secondary N) is 1. The number of aryl methyl sites for hydroxylation is 1. The number of rotatable bonds is 4. The Hall–Kier alpha value is -0.350. The Labute approximate surface area is 125 Å². The van der Waals surface area contributed by atoms with Crippen molar-refractivity contribution in [3.8, 4) is 0 Å². The summed E-state index contributed by atoms with van der Waals surface area (Å²) in [6.07, 6.45) is 0. The van der Waals surface area contributed by atoms with E-state index in [1.807, 2.05) is 12.1 Å². The summed E-state index contributed by atoms with van der Waals surface area (Å²) in [5, 5.41) is 4.31. The van der Waals surface area contributed by atoms with Gasteiger partial charge in [-0.1, -0.05) is 24.6 Å². The maximum Gasteiger partial charge on any atom is 0.0702 e. The number of halogens is 2. The average Bonchev–Trinajstić information content (AvgIpc) is 2.71. The molecule has 1 unspecified atom stereocenters. The molecule has 0 aliphatic heterocycles. The van der Waals surface area contributed by atoms with E-state index in [4.69, 9.17) is 11.6 Å². The Morgan fingerprint density at radius 2 is 2.11 bits per heavy atom. The Kier molecular flexibility index (Phi) is 4.84. The first kappa shape index (κ1) is 14.1. The zero-order valence-electron chi connectivity index (χ0n) is 10.3. The van der Waals surface area contributed by atoms with Crippen molar-refractivity contribution in [2.45, 2.75) is 19.9 Å². The molecule has 0 amide bonds. The molecule has 0 spiro atoms. The molecule has 1 aromatic heterocycles. The van der Waals surface area contributed by atoms with E-state index in [0.717, 1.165) is 15.4 Å². The SMILES string of the molecule is CCNC(c1cc(C)cc(Cl)c1)c1ccc(Br)s1. The summed E-state index contributed by atoms with van der Waals surface area (Å²) in [5.74, 6) is 0. The van der Waals surface area contributed by atoms with Gasteiger partial charge in [0.2, 0.25) is 0 Å². The van der Waals surface area contributed by atoms with E-state index in [0.29, 0.717) is 0 Å². The molecule has 96 valence electrons. The van der Waals surface area contributed by atoms with E-state index in [-0.39, 0.29) is 6.04 Å². The molecule has 1 aromatic carbocycles. The maximum atomic E-state index is 6.15. The van der Waals surface area contributed by atoms with Crippen LogP contribution in [0.4, 0.5) is 0 Å². The summed E-state index contributed by atoms with van der Waals surface area (Å²) < 4.78 is 1.15. The molecule has 1 atom stereocenters. The van der Waals surface area contributed by atoms with Crippen molar-refractivity contribution in [2.75, 3.05) is 6.54 Å². The summed E-state index contributed by atoms with van der Waals surface area (Å²) in [5.41, 5.74) is 2.41. The Morgan fingerprint density at radius 3 is 2.67 bits per heavy atom. The molecule has 0 aliphatic carbocycles. The van der Waals surface area contributed by atoms with Gasteiger partial charge in [0, 0.05) is 9.90 Å². The molecule has 0 bridgehead atoms. The smallest absolute Gasteiger partial charge is 0.0702 e. The van der Waals surface area contributed by atoms with Crippen molar-refractivity contribution in [2.24, 2.45) is 0 Å². The lowest BCUT2D eigenvalue weighted by Crippen LogP contribution is -2.21. The second-order valence-electron chi connectivity index (χ2n) is 4.19. The van der Waals surface area contributed by atoms with Crippen LogP contribution in [-0.2, 0) is 0 Å². The zero-order valence-corrected chi connectivity index (χ0v) is 13.5. The van der Waals surface area contributed by atoms with Crippen molar-refractivity contribution < 1.29 is 0 Å². The molecule has 1 heterocycles. The average molecular weight is 345 g/mol. The first-order valence-corrected chi connectivity index (χ1v) is 7.84. The minimum Gasteiger partial charge on any atom is -0.306 e. The monoisotopic (exact) mass is 343 g/mol. The lowest BCUT2D eigenvalue weighted by atomic mass is 10.0. The van der Waals surface area contributed by atoms with E-state index in [9.17, 15) is 0 Å². The molecule has 0 aliphatic rings. The van der Waals surface area contributed by atoms with Crippen LogP contribution in [0.15, 0.2) is 34.1 Å². The maximum absolute atomic E-state index is 6.15. The third-order valence-electron chi connectivity index (χ3n) is 2.68. The van der Waals surface area contributed by atoms with Gasteiger partial charge in [-0.25, -0.2) is 0 Å². The van der Waals surface area contributed by atoms with E-state index in [1.54, 1.807) is 11.3 Å². The molecule has 0 saturated heterocycles. The van der Waals surface area contributed by atoms with Gasteiger partial charge in [-0.05, 0) is 64.8 Å². The summed E-state index contributed by atoms with van der Waals surface area (Å²) >= 11 is 11.4. The second kappa shape index (κ2) is 6.20. The van der Waals surface area contributed by atoms with Gasteiger partial charge in [0.25, 0.3) is 0 Å². The fourth-order valence-corrected chi connectivity index (χ4v) is 3.83. The van der Waals surface area contributed by atoms with Gasteiger partial charge in [0.05, 0.1) is 9.83 Å². The van der Waals surface area contributed by atoms with E-state index in [1.165, 1.54) is 16.0 Å². The quantitative estimate of drug-likeness (QED) is 0.806. The lowest BCUT2D eigenvalue weighted by Gasteiger charge is -2.18. The fourth-order valence-electron chi connectivity index (χ4n) is 2.00. The minimum absolute atomic E-state index is 0.212. The van der Waals surface area contributed by atoms with Gasteiger partial charge in [0.1, 0.15) is 0 Å². The second-order valence-corrected chi connectivity index (χ2v) is 7.13. The molecule has 18 heavy (non-hydrogen) atoms. The predicted molar refractivity (Wildman–Crippen MR) is 83.7 cm³/mol.